The number of benzene rings is 2. The van der Waals surface area contributed by atoms with Gasteiger partial charge in [-0.15, -0.1) is 0 Å². The Morgan fingerprint density at radius 3 is 2.53 bits per heavy atom. The maximum atomic E-state index is 10.8. The lowest BCUT2D eigenvalue weighted by molar-refractivity contribution is -0.383. The highest BCUT2D eigenvalue weighted by molar-refractivity contribution is 5.65. The number of phenolic OH excluding ortho intramolecular Hbond substituents is 1. The van der Waals surface area contributed by atoms with Crippen molar-refractivity contribution in [1.29, 1.82) is 0 Å². The number of hydrogen-bond acceptors (Lipinski definition) is 4. The quantitative estimate of drug-likeness (QED) is 0.503. The van der Waals surface area contributed by atoms with E-state index in [9.17, 15) is 15.2 Å². The molecule has 2 aromatic carbocycles. The van der Waals surface area contributed by atoms with E-state index in [4.69, 9.17) is 5.73 Å². The van der Waals surface area contributed by atoms with Gasteiger partial charge in [-0.1, -0.05) is 24.3 Å². The summed E-state index contributed by atoms with van der Waals surface area (Å²) in [4.78, 5) is 10.3. The Kier molecular flexibility index (Phi) is 3.37. The molecule has 5 nitrogen and oxygen atoms in total. The zero-order valence-electron chi connectivity index (χ0n) is 10.5. The van der Waals surface area contributed by atoms with Crippen molar-refractivity contribution in [1.82, 2.24) is 0 Å². The molecule has 0 amide bonds. The molecule has 19 heavy (non-hydrogen) atoms. The molecular formula is C14H14N2O3. The average molecular weight is 258 g/mol. The smallest absolute Gasteiger partial charge is 0.292 e. The number of nitrogen functional groups attached to an aromatic ring is 1. The predicted octanol–water partition coefficient (Wildman–Crippen LogP) is 2.78. The number of phenols is 1. The number of hydrogen-bond donors (Lipinski definition) is 2. The van der Waals surface area contributed by atoms with Crippen molar-refractivity contribution in [3.05, 3.63) is 63.2 Å². The minimum absolute atomic E-state index is 0.0847. The number of anilines is 1. The fourth-order valence-electron chi connectivity index (χ4n) is 1.98. The average Bonchev–Trinajstić information content (AvgIpc) is 2.37. The molecule has 0 spiro atoms. The van der Waals surface area contributed by atoms with Crippen LogP contribution in [0.15, 0.2) is 36.4 Å². The third-order valence-corrected chi connectivity index (χ3v) is 3.17. The molecule has 0 aliphatic rings. The lowest BCUT2D eigenvalue weighted by atomic mass is 9.98. The van der Waals surface area contributed by atoms with Gasteiger partial charge in [-0.2, -0.15) is 0 Å². The van der Waals surface area contributed by atoms with Gasteiger partial charge in [-0.3, -0.25) is 10.1 Å². The molecule has 0 aliphatic carbocycles. The van der Waals surface area contributed by atoms with Gasteiger partial charge in [-0.05, 0) is 29.7 Å². The van der Waals surface area contributed by atoms with E-state index in [1.807, 2.05) is 12.1 Å². The predicted molar refractivity (Wildman–Crippen MR) is 73.2 cm³/mol. The van der Waals surface area contributed by atoms with E-state index >= 15 is 0 Å². The zero-order valence-corrected chi connectivity index (χ0v) is 10.5. The molecule has 3 N–H and O–H groups in total. The van der Waals surface area contributed by atoms with Crippen LogP contribution in [-0.2, 0) is 6.42 Å². The molecule has 2 aromatic rings. The van der Waals surface area contributed by atoms with E-state index in [0.717, 1.165) is 11.1 Å². The van der Waals surface area contributed by atoms with Crippen LogP contribution in [0.1, 0.15) is 16.7 Å². The van der Waals surface area contributed by atoms with Gasteiger partial charge in [0, 0.05) is 12.5 Å². The van der Waals surface area contributed by atoms with E-state index in [2.05, 4.69) is 0 Å². The van der Waals surface area contributed by atoms with Crippen LogP contribution in [0.3, 0.4) is 0 Å². The van der Waals surface area contributed by atoms with Crippen molar-refractivity contribution < 1.29 is 10.0 Å². The number of aromatic hydroxyl groups is 1. The first-order valence-corrected chi connectivity index (χ1v) is 5.80. The van der Waals surface area contributed by atoms with Crippen LogP contribution < -0.4 is 5.73 Å². The van der Waals surface area contributed by atoms with Gasteiger partial charge in [-0.25, -0.2) is 0 Å². The van der Waals surface area contributed by atoms with Crippen LogP contribution in [0.25, 0.3) is 0 Å². The number of para-hydroxylation sites is 1. The highest BCUT2D eigenvalue weighted by atomic mass is 16.6. The van der Waals surface area contributed by atoms with Crippen molar-refractivity contribution in [2.24, 2.45) is 0 Å². The maximum absolute atomic E-state index is 10.8. The van der Waals surface area contributed by atoms with Crippen molar-refractivity contribution in [2.75, 3.05) is 5.73 Å². The van der Waals surface area contributed by atoms with Crippen LogP contribution >= 0.6 is 0 Å². The van der Waals surface area contributed by atoms with Crippen LogP contribution in [-0.4, -0.2) is 10.0 Å². The van der Waals surface area contributed by atoms with Gasteiger partial charge < -0.3 is 10.8 Å². The monoisotopic (exact) mass is 258 g/mol. The van der Waals surface area contributed by atoms with E-state index in [0.29, 0.717) is 12.0 Å². The van der Waals surface area contributed by atoms with Crippen LogP contribution in [0.2, 0.25) is 0 Å². The first-order chi connectivity index (χ1) is 9.00. The SMILES string of the molecule is Cc1c(Cc2ccccc2O)ccc([N+](=O)[O-])c1N. The molecular weight excluding hydrogens is 244 g/mol. The Bertz CT molecular complexity index is 639. The minimum atomic E-state index is -0.494. The van der Waals surface area contributed by atoms with Crippen molar-refractivity contribution in [2.45, 2.75) is 13.3 Å². The molecule has 0 saturated carbocycles. The number of nitrogens with zero attached hydrogens (tertiary/aromatic N) is 1. The molecule has 0 radical (unpaired) electrons. The van der Waals surface area contributed by atoms with Crippen molar-refractivity contribution in [3.63, 3.8) is 0 Å². The third-order valence-electron chi connectivity index (χ3n) is 3.17. The highest BCUT2D eigenvalue weighted by Gasteiger charge is 2.16. The molecule has 98 valence electrons. The van der Waals surface area contributed by atoms with Crippen LogP contribution in [0.4, 0.5) is 11.4 Å². The molecule has 0 bridgehead atoms. The van der Waals surface area contributed by atoms with Crippen molar-refractivity contribution in [3.8, 4) is 5.75 Å². The molecule has 0 aliphatic heterocycles. The Hall–Kier alpha value is -2.56. The highest BCUT2D eigenvalue weighted by Crippen LogP contribution is 2.30. The Labute approximate surface area is 110 Å². The fourth-order valence-corrected chi connectivity index (χ4v) is 1.98. The summed E-state index contributed by atoms with van der Waals surface area (Å²) < 4.78 is 0. The first kappa shape index (κ1) is 12.9. The summed E-state index contributed by atoms with van der Waals surface area (Å²) in [6, 6.07) is 10.1. The second-order valence-corrected chi connectivity index (χ2v) is 4.35. The summed E-state index contributed by atoms with van der Waals surface area (Å²) in [6.07, 6.45) is 0.487. The number of nitro groups is 1. The standard InChI is InChI=1S/C14H14N2O3/c1-9-10(6-7-12(14(9)15)16(18)19)8-11-4-2-3-5-13(11)17/h2-7,17H,8,15H2,1H3. The normalized spacial score (nSPS) is 10.4. The molecule has 0 heterocycles. The minimum Gasteiger partial charge on any atom is -0.508 e. The van der Waals surface area contributed by atoms with Crippen LogP contribution in [0, 0.1) is 17.0 Å². The fraction of sp³-hybridized carbons (Fsp3) is 0.143. The second kappa shape index (κ2) is 4.97. The van der Waals surface area contributed by atoms with Gasteiger partial charge in [0.2, 0.25) is 0 Å². The summed E-state index contributed by atoms with van der Waals surface area (Å²) >= 11 is 0. The van der Waals surface area contributed by atoms with Gasteiger partial charge >= 0.3 is 0 Å². The number of rotatable bonds is 3. The lowest BCUT2D eigenvalue weighted by Gasteiger charge is -2.10. The summed E-state index contributed by atoms with van der Waals surface area (Å²) in [7, 11) is 0. The summed E-state index contributed by atoms with van der Waals surface area (Å²) in [6.45, 7) is 1.75. The maximum Gasteiger partial charge on any atom is 0.292 e. The van der Waals surface area contributed by atoms with Gasteiger partial charge in [0.15, 0.2) is 0 Å². The summed E-state index contributed by atoms with van der Waals surface area (Å²) in [5.74, 6) is 0.207. The molecule has 0 aromatic heterocycles. The Balaban J connectivity index is 2.40. The largest absolute Gasteiger partial charge is 0.508 e. The lowest BCUT2D eigenvalue weighted by Crippen LogP contribution is -2.02. The first-order valence-electron chi connectivity index (χ1n) is 5.80. The molecule has 0 fully saturated rings. The van der Waals surface area contributed by atoms with E-state index in [-0.39, 0.29) is 17.1 Å². The topological polar surface area (TPSA) is 89.4 Å². The third kappa shape index (κ3) is 2.49. The number of nitro benzene ring substituents is 1. The summed E-state index contributed by atoms with van der Waals surface area (Å²) in [5.41, 5.74) is 8.17. The molecule has 2 rings (SSSR count). The number of nitrogens with two attached hydrogens (primary N) is 1. The molecule has 0 unspecified atom stereocenters. The Morgan fingerprint density at radius 1 is 1.21 bits per heavy atom. The van der Waals surface area contributed by atoms with Gasteiger partial charge in [0.05, 0.1) is 4.92 Å². The van der Waals surface area contributed by atoms with Gasteiger partial charge in [0.25, 0.3) is 5.69 Å². The Morgan fingerprint density at radius 2 is 1.89 bits per heavy atom. The van der Waals surface area contributed by atoms with E-state index < -0.39 is 4.92 Å². The van der Waals surface area contributed by atoms with Gasteiger partial charge in [0.1, 0.15) is 11.4 Å². The van der Waals surface area contributed by atoms with Crippen LogP contribution in [0.5, 0.6) is 5.75 Å². The second-order valence-electron chi connectivity index (χ2n) is 4.35. The van der Waals surface area contributed by atoms with E-state index in [1.54, 1.807) is 25.1 Å². The zero-order chi connectivity index (χ0) is 14.0. The summed E-state index contributed by atoms with van der Waals surface area (Å²) in [5, 5.41) is 20.5. The van der Waals surface area contributed by atoms with Crippen molar-refractivity contribution >= 4 is 11.4 Å². The molecule has 0 atom stereocenters. The van der Waals surface area contributed by atoms with E-state index in [1.165, 1.54) is 6.07 Å². The molecule has 0 saturated heterocycles. The molecule has 5 heteroatoms.